The van der Waals surface area contributed by atoms with Crippen LogP contribution in [0.3, 0.4) is 0 Å². The molecule has 0 rings (SSSR count). The van der Waals surface area contributed by atoms with Crippen LogP contribution in [0.15, 0.2) is 0 Å². The molecule has 0 aliphatic carbocycles. The molecular formula is CH7LiO3. The van der Waals surface area contributed by atoms with Gasteiger partial charge >= 0.3 is 18.9 Å². The Bertz CT molecular complexity index is 6.85. The van der Waals surface area contributed by atoms with Crippen LogP contribution in [0.1, 0.15) is 0 Å². The van der Waals surface area contributed by atoms with E-state index >= 15 is 0 Å². The van der Waals surface area contributed by atoms with Crippen LogP contribution in [0.4, 0.5) is 0 Å². The molecule has 0 bridgehead atoms. The van der Waals surface area contributed by atoms with E-state index in [4.69, 9.17) is 15.6 Å². The minimum absolute atomic E-state index is 0. The molecule has 0 aromatic heterocycles. The summed E-state index contributed by atoms with van der Waals surface area (Å²) in [5.41, 5.74) is 0. The summed E-state index contributed by atoms with van der Waals surface area (Å²) in [7, 11) is 1.00. The van der Waals surface area contributed by atoms with Gasteiger partial charge in [0.25, 0.3) is 0 Å². The Morgan fingerprint density at radius 3 is 1.00 bits per heavy atom. The Kier molecular flexibility index (Phi) is 850. The average molecular weight is 74.0 g/mol. The molecule has 0 aliphatic heterocycles. The summed E-state index contributed by atoms with van der Waals surface area (Å²) in [5.74, 6) is 0. The minimum atomic E-state index is 0. The van der Waals surface area contributed by atoms with Crippen molar-refractivity contribution in [2.24, 2.45) is 0 Å². The van der Waals surface area contributed by atoms with E-state index in [1.165, 1.54) is 0 Å². The molecule has 0 saturated carbocycles. The standard InChI is InChI=1S/CH4O.Li.H2O2.H/c1-2;;1-2;/h2H,1H3;;1-2H;. The van der Waals surface area contributed by atoms with Crippen LogP contribution in [0.25, 0.3) is 0 Å². The first-order valence-corrected chi connectivity index (χ1v) is 0.647. The van der Waals surface area contributed by atoms with E-state index in [9.17, 15) is 0 Å². The van der Waals surface area contributed by atoms with Crippen molar-refractivity contribution in [2.45, 2.75) is 0 Å². The van der Waals surface area contributed by atoms with E-state index in [2.05, 4.69) is 0 Å². The van der Waals surface area contributed by atoms with Gasteiger partial charge < -0.3 is 5.11 Å². The van der Waals surface area contributed by atoms with Crippen molar-refractivity contribution in [3.8, 4) is 0 Å². The zero-order valence-electron chi connectivity index (χ0n) is 2.34. The summed E-state index contributed by atoms with van der Waals surface area (Å²) in [6.45, 7) is 0. The molecule has 5 heavy (non-hydrogen) atoms. The molecule has 0 heterocycles. The van der Waals surface area contributed by atoms with Crippen LogP contribution >= 0.6 is 0 Å². The maximum absolute atomic E-state index is 7.00. The molecule has 4 heteroatoms. The van der Waals surface area contributed by atoms with E-state index in [1.54, 1.807) is 0 Å². The SMILES string of the molecule is CO.OO.[LiH]. The number of hydrogen-bond acceptors (Lipinski definition) is 3. The van der Waals surface area contributed by atoms with Crippen LogP contribution in [0, 0.1) is 0 Å². The van der Waals surface area contributed by atoms with Crippen molar-refractivity contribution in [3.63, 3.8) is 0 Å². The molecule has 0 aliphatic rings. The van der Waals surface area contributed by atoms with Gasteiger partial charge in [0, 0.05) is 7.11 Å². The zero-order valence-corrected chi connectivity index (χ0v) is 2.34. The Hall–Kier alpha value is 0.477. The zero-order chi connectivity index (χ0) is 4.00. The molecule has 0 atom stereocenters. The van der Waals surface area contributed by atoms with E-state index in [1.807, 2.05) is 0 Å². The van der Waals surface area contributed by atoms with Crippen LogP contribution < -0.4 is 0 Å². The average Bonchev–Trinajstić information content (AvgIpc) is 1.50. The first-order chi connectivity index (χ1) is 2.00. The molecule has 30 valence electrons. The third-order valence-electron chi connectivity index (χ3n) is 0. The Balaban J connectivity index is -0.0000000133. The van der Waals surface area contributed by atoms with Gasteiger partial charge in [-0.3, -0.25) is 10.5 Å². The van der Waals surface area contributed by atoms with Crippen molar-refractivity contribution in [1.29, 1.82) is 0 Å². The normalized spacial score (nSPS) is 2.40. The molecular weight excluding hydrogens is 66.9 g/mol. The fourth-order valence-electron chi connectivity index (χ4n) is 0. The van der Waals surface area contributed by atoms with Gasteiger partial charge in [-0.1, -0.05) is 0 Å². The molecule has 0 saturated heterocycles. The van der Waals surface area contributed by atoms with Gasteiger partial charge in [-0.05, 0) is 0 Å². The van der Waals surface area contributed by atoms with Gasteiger partial charge in [-0.25, -0.2) is 0 Å². The first-order valence-electron chi connectivity index (χ1n) is 0.647. The summed E-state index contributed by atoms with van der Waals surface area (Å²) in [4.78, 5) is 0. The summed E-state index contributed by atoms with van der Waals surface area (Å²) in [6, 6.07) is 0. The molecule has 3 N–H and O–H groups in total. The monoisotopic (exact) mass is 74.1 g/mol. The fraction of sp³-hybridized carbons (Fsp3) is 1.00. The summed E-state index contributed by atoms with van der Waals surface area (Å²) in [5, 5.41) is 19.0. The Morgan fingerprint density at radius 1 is 1.00 bits per heavy atom. The summed E-state index contributed by atoms with van der Waals surface area (Å²) >= 11 is 0. The predicted molar refractivity (Wildman–Crippen MR) is 20.5 cm³/mol. The van der Waals surface area contributed by atoms with Gasteiger partial charge in [0.1, 0.15) is 0 Å². The third kappa shape index (κ3) is 121. The van der Waals surface area contributed by atoms with Crippen molar-refractivity contribution in [2.75, 3.05) is 7.11 Å². The van der Waals surface area contributed by atoms with Crippen LogP contribution in [-0.2, 0) is 0 Å². The van der Waals surface area contributed by atoms with E-state index in [0.29, 0.717) is 0 Å². The molecule has 3 nitrogen and oxygen atoms in total. The van der Waals surface area contributed by atoms with Crippen molar-refractivity contribution in [1.82, 2.24) is 0 Å². The quantitative estimate of drug-likeness (QED) is 0.196. The van der Waals surface area contributed by atoms with Gasteiger partial charge in [-0.15, -0.1) is 0 Å². The molecule has 0 aromatic carbocycles. The number of hydrogen-bond donors (Lipinski definition) is 3. The second-order valence-corrected chi connectivity index (χ2v) is 0. The molecule has 0 fully saturated rings. The van der Waals surface area contributed by atoms with Gasteiger partial charge in [0.2, 0.25) is 0 Å². The molecule has 0 radical (unpaired) electrons. The number of rotatable bonds is 0. The van der Waals surface area contributed by atoms with Gasteiger partial charge in [-0.2, -0.15) is 0 Å². The van der Waals surface area contributed by atoms with Crippen LogP contribution in [0.5, 0.6) is 0 Å². The van der Waals surface area contributed by atoms with Crippen molar-refractivity contribution < 1.29 is 15.6 Å². The van der Waals surface area contributed by atoms with Gasteiger partial charge in [0.05, 0.1) is 0 Å². The van der Waals surface area contributed by atoms with Crippen LogP contribution in [-0.4, -0.2) is 41.6 Å². The first kappa shape index (κ1) is 17.9. The predicted octanol–water partition coefficient (Wildman–Crippen LogP) is -1.02. The number of aliphatic hydroxyl groups is 1. The molecule has 0 amide bonds. The van der Waals surface area contributed by atoms with E-state index in [0.717, 1.165) is 7.11 Å². The van der Waals surface area contributed by atoms with E-state index < -0.39 is 0 Å². The summed E-state index contributed by atoms with van der Waals surface area (Å²) < 4.78 is 0. The maximum atomic E-state index is 7.00. The van der Waals surface area contributed by atoms with Gasteiger partial charge in [0.15, 0.2) is 0 Å². The summed E-state index contributed by atoms with van der Waals surface area (Å²) in [6.07, 6.45) is 0. The molecule has 0 aromatic rings. The topological polar surface area (TPSA) is 60.7 Å². The molecule has 0 spiro atoms. The number of aliphatic hydroxyl groups excluding tert-OH is 1. The second-order valence-electron chi connectivity index (χ2n) is 0. The van der Waals surface area contributed by atoms with Crippen molar-refractivity contribution >= 4 is 18.9 Å². The fourth-order valence-corrected chi connectivity index (χ4v) is 0. The Labute approximate surface area is 42.4 Å². The third-order valence-corrected chi connectivity index (χ3v) is 0. The van der Waals surface area contributed by atoms with Crippen LogP contribution in [0.2, 0.25) is 0 Å². The second kappa shape index (κ2) is 238. The molecule has 0 unspecified atom stereocenters. The van der Waals surface area contributed by atoms with E-state index in [-0.39, 0.29) is 18.9 Å². The van der Waals surface area contributed by atoms with Crippen molar-refractivity contribution in [3.05, 3.63) is 0 Å². The Morgan fingerprint density at radius 2 is 1.00 bits per heavy atom.